The van der Waals surface area contributed by atoms with Crippen LogP contribution in [0.3, 0.4) is 0 Å². The molecule has 1 saturated heterocycles. The Morgan fingerprint density at radius 2 is 1.46 bits per heavy atom. The molecule has 2 heterocycles. The van der Waals surface area contributed by atoms with E-state index in [0.29, 0.717) is 21.8 Å². The topological polar surface area (TPSA) is 40.6 Å². The van der Waals surface area contributed by atoms with Crippen molar-refractivity contribution in [2.24, 2.45) is 0 Å². The van der Waals surface area contributed by atoms with Crippen LogP contribution in [0.2, 0.25) is 5.02 Å². The lowest BCUT2D eigenvalue weighted by Crippen LogP contribution is -2.31. The second kappa shape index (κ2) is 5.95. The molecule has 0 radical (unpaired) electrons. The third-order valence-electron chi connectivity index (χ3n) is 4.68. The van der Waals surface area contributed by atoms with Gasteiger partial charge in [0.05, 0.1) is 27.5 Å². The van der Waals surface area contributed by atoms with E-state index in [1.807, 2.05) is 6.07 Å². The van der Waals surface area contributed by atoms with Crippen molar-refractivity contribution in [1.29, 1.82) is 0 Å². The van der Waals surface area contributed by atoms with E-state index in [0.717, 1.165) is 31.6 Å². The van der Waals surface area contributed by atoms with Gasteiger partial charge in [-0.2, -0.15) is 0 Å². The van der Waals surface area contributed by atoms with Crippen molar-refractivity contribution in [2.45, 2.75) is 19.3 Å². The summed E-state index contributed by atoms with van der Waals surface area (Å²) in [5.74, 6) is -0.588. The van der Waals surface area contributed by atoms with E-state index >= 15 is 0 Å². The number of rotatable bonds is 2. The monoisotopic (exact) mass is 340 g/mol. The van der Waals surface area contributed by atoms with Crippen LogP contribution in [0.4, 0.5) is 11.4 Å². The van der Waals surface area contributed by atoms with E-state index in [4.69, 9.17) is 11.6 Å². The van der Waals surface area contributed by atoms with Crippen LogP contribution in [-0.4, -0.2) is 24.9 Å². The van der Waals surface area contributed by atoms with Gasteiger partial charge in [0.1, 0.15) is 0 Å². The first kappa shape index (κ1) is 15.2. The van der Waals surface area contributed by atoms with Gasteiger partial charge in [-0.15, -0.1) is 0 Å². The molecule has 122 valence electrons. The molecule has 4 nitrogen and oxygen atoms in total. The Labute approximate surface area is 145 Å². The molecular formula is C19H17ClN2O2. The third kappa shape index (κ3) is 2.38. The highest BCUT2D eigenvalue weighted by Gasteiger charge is 2.36. The molecule has 0 aliphatic carbocycles. The zero-order valence-corrected chi connectivity index (χ0v) is 13.9. The Hall–Kier alpha value is -2.33. The third-order valence-corrected chi connectivity index (χ3v) is 4.98. The van der Waals surface area contributed by atoms with E-state index in [2.05, 4.69) is 4.90 Å². The summed E-state index contributed by atoms with van der Waals surface area (Å²) in [5, 5.41) is 0.575. The minimum Gasteiger partial charge on any atom is -0.370 e. The first-order chi connectivity index (χ1) is 11.7. The normalized spacial score (nSPS) is 17.4. The fraction of sp³-hybridized carbons (Fsp3) is 0.263. The van der Waals surface area contributed by atoms with E-state index in [-0.39, 0.29) is 11.8 Å². The Balaban J connectivity index is 1.67. The Bertz CT molecular complexity index is 793. The zero-order chi connectivity index (χ0) is 16.7. The van der Waals surface area contributed by atoms with E-state index in [1.165, 1.54) is 11.3 Å². The van der Waals surface area contributed by atoms with Crippen LogP contribution in [0.1, 0.15) is 40.0 Å². The molecule has 2 aliphatic rings. The number of fused-ring (bicyclic) bond motifs is 1. The number of benzene rings is 2. The second-order valence-electron chi connectivity index (χ2n) is 6.17. The molecule has 0 unspecified atom stereocenters. The summed E-state index contributed by atoms with van der Waals surface area (Å²) in [4.78, 5) is 28.6. The molecule has 4 rings (SSSR count). The van der Waals surface area contributed by atoms with Gasteiger partial charge in [-0.1, -0.05) is 23.7 Å². The molecule has 24 heavy (non-hydrogen) atoms. The second-order valence-corrected chi connectivity index (χ2v) is 6.58. The number of imide groups is 1. The van der Waals surface area contributed by atoms with Crippen molar-refractivity contribution in [1.82, 2.24) is 0 Å². The van der Waals surface area contributed by atoms with Crippen LogP contribution in [0.5, 0.6) is 0 Å². The average molecular weight is 341 g/mol. The number of hydrogen-bond acceptors (Lipinski definition) is 3. The molecule has 2 amide bonds. The highest BCUT2D eigenvalue weighted by molar-refractivity contribution is 6.36. The molecule has 0 saturated carbocycles. The number of nitrogens with zero attached hydrogens (tertiary/aromatic N) is 2. The van der Waals surface area contributed by atoms with Crippen LogP contribution < -0.4 is 9.80 Å². The lowest BCUT2D eigenvalue weighted by atomic mass is 10.1. The maximum absolute atomic E-state index is 12.6. The van der Waals surface area contributed by atoms with Crippen LogP contribution in [0, 0.1) is 0 Å². The molecule has 0 atom stereocenters. The molecule has 2 aliphatic heterocycles. The van der Waals surface area contributed by atoms with Crippen LogP contribution in [-0.2, 0) is 0 Å². The summed E-state index contributed by atoms with van der Waals surface area (Å²) in [6.07, 6.45) is 3.58. The van der Waals surface area contributed by atoms with Crippen LogP contribution in [0.25, 0.3) is 0 Å². The maximum Gasteiger partial charge on any atom is 0.266 e. The molecule has 0 spiro atoms. The SMILES string of the molecule is O=C1c2ccccc2C(=O)N1c1ccc(N2CCCCC2)c(Cl)c1. The summed E-state index contributed by atoms with van der Waals surface area (Å²) < 4.78 is 0. The minimum absolute atomic E-state index is 0.294. The Kier molecular flexibility index (Phi) is 3.77. The summed E-state index contributed by atoms with van der Waals surface area (Å²) in [6.45, 7) is 1.98. The number of anilines is 2. The molecule has 1 fully saturated rings. The first-order valence-electron chi connectivity index (χ1n) is 8.19. The molecule has 5 heteroatoms. The van der Waals surface area contributed by atoms with Crippen molar-refractivity contribution in [3.63, 3.8) is 0 Å². The van der Waals surface area contributed by atoms with Gasteiger partial charge >= 0.3 is 0 Å². The smallest absolute Gasteiger partial charge is 0.266 e. The number of carbonyl (C=O) groups is 2. The molecule has 0 aromatic heterocycles. The summed E-state index contributed by atoms with van der Waals surface area (Å²) in [7, 11) is 0. The fourth-order valence-corrected chi connectivity index (χ4v) is 3.74. The quantitative estimate of drug-likeness (QED) is 0.772. The maximum atomic E-state index is 12.6. The summed E-state index contributed by atoms with van der Waals surface area (Å²) >= 11 is 6.46. The van der Waals surface area contributed by atoms with Gasteiger partial charge in [0.15, 0.2) is 0 Å². The van der Waals surface area contributed by atoms with E-state index in [9.17, 15) is 9.59 Å². The summed E-state index contributed by atoms with van der Waals surface area (Å²) in [6, 6.07) is 12.3. The van der Waals surface area contributed by atoms with Crippen molar-refractivity contribution in [2.75, 3.05) is 22.9 Å². The van der Waals surface area contributed by atoms with Gasteiger partial charge in [0.2, 0.25) is 0 Å². The van der Waals surface area contributed by atoms with E-state index < -0.39 is 0 Å². The van der Waals surface area contributed by atoms with Crippen molar-refractivity contribution in [3.05, 3.63) is 58.6 Å². The molecule has 0 N–H and O–H groups in total. The molecule has 2 aromatic carbocycles. The van der Waals surface area contributed by atoms with Crippen molar-refractivity contribution < 1.29 is 9.59 Å². The number of carbonyl (C=O) groups excluding carboxylic acids is 2. The van der Waals surface area contributed by atoms with Crippen LogP contribution in [0.15, 0.2) is 42.5 Å². The number of piperidine rings is 1. The predicted molar refractivity (Wildman–Crippen MR) is 95.1 cm³/mol. The van der Waals surface area contributed by atoms with Gasteiger partial charge in [-0.05, 0) is 49.6 Å². The van der Waals surface area contributed by atoms with Gasteiger partial charge in [0, 0.05) is 13.1 Å². The number of amides is 2. The predicted octanol–water partition coefficient (Wildman–Crippen LogP) is 4.13. The highest BCUT2D eigenvalue weighted by atomic mass is 35.5. The zero-order valence-electron chi connectivity index (χ0n) is 13.2. The van der Waals surface area contributed by atoms with Crippen molar-refractivity contribution in [3.8, 4) is 0 Å². The van der Waals surface area contributed by atoms with Gasteiger partial charge < -0.3 is 4.90 Å². The lowest BCUT2D eigenvalue weighted by Gasteiger charge is -2.30. The van der Waals surface area contributed by atoms with Crippen molar-refractivity contribution >= 4 is 34.8 Å². The average Bonchev–Trinajstić information content (AvgIpc) is 2.87. The van der Waals surface area contributed by atoms with Gasteiger partial charge in [0.25, 0.3) is 11.8 Å². The highest BCUT2D eigenvalue weighted by Crippen LogP contribution is 2.35. The Morgan fingerprint density at radius 1 is 0.833 bits per heavy atom. The Morgan fingerprint density at radius 3 is 2.04 bits per heavy atom. The lowest BCUT2D eigenvalue weighted by molar-refractivity contribution is 0.0926. The summed E-state index contributed by atoms with van der Waals surface area (Å²) in [5.41, 5.74) is 2.38. The standard InChI is InChI=1S/C19H17ClN2O2/c20-16-12-13(8-9-17(16)21-10-4-1-5-11-21)22-18(23)14-6-2-3-7-15(14)19(22)24/h2-3,6-9,12H,1,4-5,10-11H2. The fourth-order valence-electron chi connectivity index (χ4n) is 3.45. The molecular weight excluding hydrogens is 324 g/mol. The first-order valence-corrected chi connectivity index (χ1v) is 8.57. The van der Waals surface area contributed by atoms with Gasteiger partial charge in [-0.25, -0.2) is 4.90 Å². The minimum atomic E-state index is -0.294. The van der Waals surface area contributed by atoms with Crippen LogP contribution >= 0.6 is 11.6 Å². The number of halogens is 1. The number of hydrogen-bond donors (Lipinski definition) is 0. The molecule has 2 aromatic rings. The van der Waals surface area contributed by atoms with Gasteiger partial charge in [-0.3, -0.25) is 9.59 Å². The molecule has 0 bridgehead atoms. The van der Waals surface area contributed by atoms with E-state index in [1.54, 1.807) is 36.4 Å². The largest absolute Gasteiger partial charge is 0.370 e.